The number of hydrogen-bond acceptors (Lipinski definition) is 7. The predicted molar refractivity (Wildman–Crippen MR) is 229 cm³/mol. The summed E-state index contributed by atoms with van der Waals surface area (Å²) in [5.41, 5.74) is 5.37. The Morgan fingerprint density at radius 2 is 0.981 bits per heavy atom. The van der Waals surface area contributed by atoms with Crippen molar-refractivity contribution < 1.29 is 32.8 Å². The number of hydrogen-bond donors (Lipinski definition) is 2. The number of carbonyl (C=O) groups excluding carboxylic acids is 1. The second kappa shape index (κ2) is 43.1. The van der Waals surface area contributed by atoms with E-state index in [2.05, 4.69) is 38.2 Å². The molecule has 0 rings (SSSR count). The Balaban J connectivity index is 3.99. The minimum absolute atomic E-state index is 0.0950. The maximum atomic E-state index is 12.6. The third-order valence-electron chi connectivity index (χ3n) is 9.87. The Kier molecular flexibility index (Phi) is 42.3. The molecule has 0 radical (unpaired) electrons. The van der Waals surface area contributed by atoms with E-state index >= 15 is 0 Å². The van der Waals surface area contributed by atoms with Crippen LogP contribution in [0.2, 0.25) is 0 Å². The van der Waals surface area contributed by atoms with Gasteiger partial charge >= 0.3 is 13.8 Å². The molecule has 0 aliphatic carbocycles. The highest BCUT2D eigenvalue weighted by Gasteiger charge is 2.25. The number of allylic oxidation sites excluding steroid dienone is 4. The molecular formula is C45H88NO7P. The van der Waals surface area contributed by atoms with E-state index in [1.807, 2.05) is 0 Å². The number of esters is 1. The average molecular weight is 786 g/mol. The normalized spacial score (nSPS) is 13.6. The van der Waals surface area contributed by atoms with Crippen molar-refractivity contribution in [2.24, 2.45) is 5.73 Å². The molecule has 0 amide bonds. The summed E-state index contributed by atoms with van der Waals surface area (Å²) in [4.78, 5) is 22.5. The number of phosphoric acid groups is 1. The first-order valence-corrected chi connectivity index (χ1v) is 24.3. The summed E-state index contributed by atoms with van der Waals surface area (Å²) in [6.07, 6.45) is 47.6. The molecule has 0 aromatic carbocycles. The second-order valence-electron chi connectivity index (χ2n) is 15.3. The standard InChI is InChI=1S/C45H88NO7P/c1-3-5-7-9-11-13-15-17-19-21-22-24-26-28-30-32-34-36-38-45(47)53-44(43-52-54(48,49)51-41-39-46)42-50-40-37-35-33-31-29-27-25-23-20-18-16-14-12-10-8-6-4-2/h13,15,19,21,44H,3-12,14,16-18,20,22-43,46H2,1-2H3,(H,48,49)/b15-13-,21-19-. The fourth-order valence-electron chi connectivity index (χ4n) is 6.50. The fourth-order valence-corrected chi connectivity index (χ4v) is 7.26. The molecule has 0 aliphatic heterocycles. The predicted octanol–water partition coefficient (Wildman–Crippen LogP) is 13.6. The fraction of sp³-hybridized carbons (Fsp3) is 0.889. The number of phosphoric ester groups is 1. The average Bonchev–Trinajstić information content (AvgIpc) is 3.16. The van der Waals surface area contributed by atoms with Crippen molar-refractivity contribution in [1.82, 2.24) is 0 Å². The smallest absolute Gasteiger partial charge is 0.457 e. The first-order valence-electron chi connectivity index (χ1n) is 22.8. The third kappa shape index (κ3) is 42.1. The SMILES string of the molecule is CCCCCC/C=C\C/C=C\CCCCCCCCCC(=O)OC(COCCCCCCCCCCCCCCCCCCC)COP(=O)(O)OCCN. The van der Waals surface area contributed by atoms with E-state index in [1.54, 1.807) is 0 Å². The molecule has 0 bridgehead atoms. The topological polar surface area (TPSA) is 117 Å². The van der Waals surface area contributed by atoms with Gasteiger partial charge < -0.3 is 20.1 Å². The van der Waals surface area contributed by atoms with Gasteiger partial charge in [-0.2, -0.15) is 0 Å². The summed E-state index contributed by atoms with van der Waals surface area (Å²) in [6.45, 7) is 4.94. The largest absolute Gasteiger partial charge is 0.472 e. The van der Waals surface area contributed by atoms with Crippen LogP contribution in [-0.2, 0) is 27.9 Å². The molecule has 320 valence electrons. The maximum absolute atomic E-state index is 12.6. The van der Waals surface area contributed by atoms with E-state index in [-0.39, 0.29) is 32.3 Å². The van der Waals surface area contributed by atoms with Crippen molar-refractivity contribution in [2.75, 3.05) is 33.0 Å². The number of unbranched alkanes of at least 4 members (excludes halogenated alkanes) is 27. The molecule has 0 spiro atoms. The number of nitrogens with two attached hydrogens (primary N) is 1. The first-order chi connectivity index (χ1) is 26.4. The van der Waals surface area contributed by atoms with Crippen LogP contribution in [0.15, 0.2) is 24.3 Å². The zero-order valence-corrected chi connectivity index (χ0v) is 36.4. The number of ether oxygens (including phenoxy) is 2. The maximum Gasteiger partial charge on any atom is 0.472 e. The summed E-state index contributed by atoms with van der Waals surface area (Å²) >= 11 is 0. The van der Waals surface area contributed by atoms with Crippen molar-refractivity contribution >= 4 is 13.8 Å². The van der Waals surface area contributed by atoms with Crippen LogP contribution in [0.4, 0.5) is 0 Å². The monoisotopic (exact) mass is 786 g/mol. The molecule has 0 aromatic rings. The minimum atomic E-state index is -4.28. The lowest BCUT2D eigenvalue weighted by Crippen LogP contribution is -2.28. The summed E-state index contributed by atoms with van der Waals surface area (Å²) in [6, 6.07) is 0. The van der Waals surface area contributed by atoms with Gasteiger partial charge in [0.05, 0.1) is 19.8 Å². The van der Waals surface area contributed by atoms with Crippen molar-refractivity contribution in [1.29, 1.82) is 0 Å². The molecule has 0 fully saturated rings. The van der Waals surface area contributed by atoms with E-state index in [9.17, 15) is 14.3 Å². The van der Waals surface area contributed by atoms with Crippen molar-refractivity contribution in [2.45, 2.75) is 225 Å². The van der Waals surface area contributed by atoms with Gasteiger partial charge in [-0.1, -0.05) is 192 Å². The van der Waals surface area contributed by atoms with Crippen molar-refractivity contribution in [3.8, 4) is 0 Å². The van der Waals surface area contributed by atoms with Gasteiger partial charge in [0.2, 0.25) is 0 Å². The molecule has 2 unspecified atom stereocenters. The molecule has 0 aromatic heterocycles. The van der Waals surface area contributed by atoms with Gasteiger partial charge in [-0.25, -0.2) is 4.57 Å². The lowest BCUT2D eigenvalue weighted by molar-refractivity contribution is -0.154. The third-order valence-corrected chi connectivity index (χ3v) is 10.9. The minimum Gasteiger partial charge on any atom is -0.457 e. The molecule has 2 atom stereocenters. The molecule has 8 nitrogen and oxygen atoms in total. The first kappa shape index (κ1) is 53.0. The van der Waals surface area contributed by atoms with Crippen molar-refractivity contribution in [3.05, 3.63) is 24.3 Å². The highest BCUT2D eigenvalue weighted by atomic mass is 31.2. The van der Waals surface area contributed by atoms with Crippen molar-refractivity contribution in [3.63, 3.8) is 0 Å². The Morgan fingerprint density at radius 1 is 0.556 bits per heavy atom. The lowest BCUT2D eigenvalue weighted by atomic mass is 10.0. The summed E-state index contributed by atoms with van der Waals surface area (Å²) in [5, 5.41) is 0. The van der Waals surface area contributed by atoms with E-state index in [0.29, 0.717) is 13.0 Å². The molecular weight excluding hydrogens is 697 g/mol. The van der Waals surface area contributed by atoms with Crippen LogP contribution < -0.4 is 5.73 Å². The van der Waals surface area contributed by atoms with Gasteiger partial charge in [0.15, 0.2) is 0 Å². The van der Waals surface area contributed by atoms with E-state index < -0.39 is 13.9 Å². The van der Waals surface area contributed by atoms with Crippen LogP contribution in [0.3, 0.4) is 0 Å². The van der Waals surface area contributed by atoms with Crippen LogP contribution in [0, 0.1) is 0 Å². The Labute approximate surface area is 334 Å². The molecule has 0 heterocycles. The summed E-state index contributed by atoms with van der Waals surface area (Å²) in [5.74, 6) is -0.334. The molecule has 3 N–H and O–H groups in total. The summed E-state index contributed by atoms with van der Waals surface area (Å²) < 4.78 is 33.5. The van der Waals surface area contributed by atoms with Gasteiger partial charge in [-0.15, -0.1) is 0 Å². The summed E-state index contributed by atoms with van der Waals surface area (Å²) in [7, 11) is -4.28. The zero-order valence-electron chi connectivity index (χ0n) is 35.5. The lowest BCUT2D eigenvalue weighted by Gasteiger charge is -2.20. The van der Waals surface area contributed by atoms with Crippen LogP contribution >= 0.6 is 7.82 Å². The van der Waals surface area contributed by atoms with Gasteiger partial charge in [0.25, 0.3) is 0 Å². The van der Waals surface area contributed by atoms with Crippen LogP contribution in [0.5, 0.6) is 0 Å². The van der Waals surface area contributed by atoms with Crippen LogP contribution in [0.1, 0.15) is 219 Å². The number of rotatable bonds is 44. The Hall–Kier alpha value is -1.02. The molecule has 0 aliphatic rings. The van der Waals surface area contributed by atoms with Gasteiger partial charge in [0, 0.05) is 19.6 Å². The van der Waals surface area contributed by atoms with Gasteiger partial charge in [0.1, 0.15) is 6.10 Å². The molecule has 0 saturated heterocycles. The zero-order chi connectivity index (χ0) is 39.5. The second-order valence-corrected chi connectivity index (χ2v) is 16.7. The highest BCUT2D eigenvalue weighted by molar-refractivity contribution is 7.47. The Bertz CT molecular complexity index is 884. The highest BCUT2D eigenvalue weighted by Crippen LogP contribution is 2.43. The molecule has 0 saturated carbocycles. The van der Waals surface area contributed by atoms with Gasteiger partial charge in [-0.3, -0.25) is 13.8 Å². The Morgan fingerprint density at radius 3 is 1.46 bits per heavy atom. The van der Waals surface area contributed by atoms with E-state index in [0.717, 1.165) is 44.9 Å². The van der Waals surface area contributed by atoms with Crippen LogP contribution in [-0.4, -0.2) is 49.9 Å². The molecule has 54 heavy (non-hydrogen) atoms. The van der Waals surface area contributed by atoms with Crippen LogP contribution in [0.25, 0.3) is 0 Å². The van der Waals surface area contributed by atoms with Gasteiger partial charge in [-0.05, 0) is 44.9 Å². The quantitative estimate of drug-likeness (QED) is 0.0271. The van der Waals surface area contributed by atoms with E-state index in [4.69, 9.17) is 24.3 Å². The van der Waals surface area contributed by atoms with E-state index in [1.165, 1.54) is 154 Å². The number of carbonyl (C=O) groups is 1. The molecule has 9 heteroatoms.